The molecule has 0 aliphatic heterocycles. The van der Waals surface area contributed by atoms with Crippen LogP contribution >= 0.6 is 0 Å². The maximum atomic E-state index is 2.27. The van der Waals surface area contributed by atoms with Crippen LogP contribution in [0.15, 0.2) is 109 Å². The summed E-state index contributed by atoms with van der Waals surface area (Å²) in [6.45, 7) is 0. The van der Waals surface area contributed by atoms with E-state index in [0.29, 0.717) is 0 Å². The molecule has 132 valence electrons. The summed E-state index contributed by atoms with van der Waals surface area (Å²) in [6, 6.07) is 39.0. The first-order valence-electron chi connectivity index (χ1n) is 9.68. The summed E-state index contributed by atoms with van der Waals surface area (Å²) in [5, 5.41) is 0. The Morgan fingerprint density at radius 3 is 1.19 bits per heavy atom. The molecule has 0 fully saturated rings. The minimum Gasteiger partial charge on any atom is -0.0622 e. The van der Waals surface area contributed by atoms with E-state index in [1.807, 2.05) is 0 Å². The van der Waals surface area contributed by atoms with Crippen molar-refractivity contribution in [1.82, 2.24) is 0 Å². The molecule has 0 aliphatic rings. The Balaban J connectivity index is 1.51. The fourth-order valence-corrected chi connectivity index (χ4v) is 3.74. The number of benzene rings is 4. The summed E-state index contributed by atoms with van der Waals surface area (Å²) in [6.07, 6.45) is 3.33. The van der Waals surface area contributed by atoms with Gasteiger partial charge in [-0.15, -0.1) is 0 Å². The quantitative estimate of drug-likeness (QED) is 0.346. The van der Waals surface area contributed by atoms with Gasteiger partial charge in [0.15, 0.2) is 0 Å². The monoisotopic (exact) mass is 348 g/mol. The highest BCUT2D eigenvalue weighted by Gasteiger charge is 2.07. The highest BCUT2D eigenvalue weighted by atomic mass is 14.1. The van der Waals surface area contributed by atoms with Crippen molar-refractivity contribution in [3.8, 4) is 22.3 Å². The van der Waals surface area contributed by atoms with Crippen molar-refractivity contribution < 1.29 is 0 Å². The molecule has 0 amide bonds. The third-order valence-corrected chi connectivity index (χ3v) is 5.10. The van der Waals surface area contributed by atoms with Crippen molar-refractivity contribution in [2.75, 3.05) is 0 Å². The zero-order valence-corrected chi connectivity index (χ0v) is 15.5. The predicted octanol–water partition coefficient (Wildman–Crippen LogP) is 7.20. The van der Waals surface area contributed by atoms with Crippen LogP contribution in [0.25, 0.3) is 22.3 Å². The van der Waals surface area contributed by atoms with Crippen LogP contribution in [0.5, 0.6) is 0 Å². The van der Waals surface area contributed by atoms with Crippen molar-refractivity contribution in [2.24, 2.45) is 0 Å². The molecule has 0 atom stereocenters. The zero-order chi connectivity index (χ0) is 18.3. The van der Waals surface area contributed by atoms with Crippen LogP contribution in [0.3, 0.4) is 0 Å². The first-order chi connectivity index (χ1) is 13.4. The fraction of sp³-hybridized carbons (Fsp3) is 0.111. The average molecular weight is 348 g/mol. The second kappa shape index (κ2) is 8.51. The van der Waals surface area contributed by atoms with Crippen LogP contribution in [-0.4, -0.2) is 0 Å². The van der Waals surface area contributed by atoms with E-state index in [-0.39, 0.29) is 0 Å². The van der Waals surface area contributed by atoms with E-state index >= 15 is 0 Å². The predicted molar refractivity (Wildman–Crippen MR) is 116 cm³/mol. The van der Waals surface area contributed by atoms with Gasteiger partial charge in [0.1, 0.15) is 0 Å². The number of hydrogen-bond acceptors (Lipinski definition) is 0. The summed E-state index contributed by atoms with van der Waals surface area (Å²) in [5.41, 5.74) is 8.18. The van der Waals surface area contributed by atoms with Gasteiger partial charge >= 0.3 is 0 Å². The third-order valence-electron chi connectivity index (χ3n) is 5.10. The molecule has 0 saturated carbocycles. The fourth-order valence-electron chi connectivity index (χ4n) is 3.74. The Kier molecular flexibility index (Phi) is 5.45. The summed E-state index contributed by atoms with van der Waals surface area (Å²) < 4.78 is 0. The van der Waals surface area contributed by atoms with Crippen LogP contribution < -0.4 is 0 Å². The lowest BCUT2D eigenvalue weighted by molar-refractivity contribution is 0.823. The van der Waals surface area contributed by atoms with Crippen molar-refractivity contribution in [3.05, 3.63) is 120 Å². The van der Waals surface area contributed by atoms with Gasteiger partial charge in [-0.1, -0.05) is 109 Å². The highest BCUT2D eigenvalue weighted by Crippen LogP contribution is 2.27. The molecule has 0 heterocycles. The molecule has 0 N–H and O–H groups in total. The normalized spacial score (nSPS) is 10.7. The molecule has 4 aromatic carbocycles. The summed E-state index contributed by atoms with van der Waals surface area (Å²) >= 11 is 0. The first kappa shape index (κ1) is 17.3. The Hall–Kier alpha value is -3.12. The van der Waals surface area contributed by atoms with Crippen LogP contribution in [0.1, 0.15) is 17.5 Å². The topological polar surface area (TPSA) is 0 Å². The van der Waals surface area contributed by atoms with Crippen molar-refractivity contribution in [3.63, 3.8) is 0 Å². The van der Waals surface area contributed by atoms with Crippen molar-refractivity contribution in [2.45, 2.75) is 19.3 Å². The Labute approximate surface area is 162 Å². The largest absolute Gasteiger partial charge is 0.0622 e. The van der Waals surface area contributed by atoms with Gasteiger partial charge in [0.2, 0.25) is 0 Å². The smallest absolute Gasteiger partial charge is 0.0152 e. The lowest BCUT2D eigenvalue weighted by Crippen LogP contribution is -1.95. The molecule has 4 aromatic rings. The van der Waals surface area contributed by atoms with E-state index < -0.39 is 0 Å². The molecule has 0 aromatic heterocycles. The molecule has 0 bridgehead atoms. The van der Waals surface area contributed by atoms with Gasteiger partial charge in [0, 0.05) is 0 Å². The zero-order valence-electron chi connectivity index (χ0n) is 15.5. The van der Waals surface area contributed by atoms with Gasteiger partial charge in [0.25, 0.3) is 0 Å². The molecule has 27 heavy (non-hydrogen) atoms. The molecule has 0 aliphatic carbocycles. The molecule has 0 spiro atoms. The number of hydrogen-bond donors (Lipinski definition) is 0. The molecule has 0 unspecified atom stereocenters. The van der Waals surface area contributed by atoms with Gasteiger partial charge in [-0.2, -0.15) is 0 Å². The second-order valence-electron chi connectivity index (χ2n) is 6.90. The first-order valence-corrected chi connectivity index (χ1v) is 9.68. The summed E-state index contributed by atoms with van der Waals surface area (Å²) in [7, 11) is 0. The SMILES string of the molecule is c1ccc(-c2ccccc2CCCc2ccccc2-c2ccccc2)cc1. The third kappa shape index (κ3) is 4.17. The number of rotatable bonds is 6. The lowest BCUT2D eigenvalue weighted by Gasteiger charge is -2.12. The second-order valence-corrected chi connectivity index (χ2v) is 6.90. The van der Waals surface area contributed by atoms with E-state index in [2.05, 4.69) is 109 Å². The van der Waals surface area contributed by atoms with E-state index in [1.165, 1.54) is 33.4 Å². The van der Waals surface area contributed by atoms with Crippen molar-refractivity contribution in [1.29, 1.82) is 0 Å². The van der Waals surface area contributed by atoms with Gasteiger partial charge < -0.3 is 0 Å². The lowest BCUT2D eigenvalue weighted by atomic mass is 9.93. The van der Waals surface area contributed by atoms with E-state index in [4.69, 9.17) is 0 Å². The van der Waals surface area contributed by atoms with Gasteiger partial charge in [0.05, 0.1) is 0 Å². The summed E-state index contributed by atoms with van der Waals surface area (Å²) in [4.78, 5) is 0. The molecule has 0 radical (unpaired) electrons. The van der Waals surface area contributed by atoms with Crippen LogP contribution in [0.2, 0.25) is 0 Å². The maximum Gasteiger partial charge on any atom is -0.0152 e. The molecule has 0 saturated heterocycles. The Bertz CT molecular complexity index is 901. The maximum absolute atomic E-state index is 2.27. The van der Waals surface area contributed by atoms with Gasteiger partial charge in [-0.3, -0.25) is 0 Å². The molecule has 0 nitrogen and oxygen atoms in total. The van der Waals surface area contributed by atoms with Crippen LogP contribution in [0.4, 0.5) is 0 Å². The molecule has 0 heteroatoms. The van der Waals surface area contributed by atoms with Crippen LogP contribution in [0, 0.1) is 0 Å². The van der Waals surface area contributed by atoms with E-state index in [9.17, 15) is 0 Å². The standard InChI is InChI=1S/C27H24/c1-3-12-22(13-4-1)26-20-9-7-16-24(26)18-11-19-25-17-8-10-21-27(25)23-14-5-2-6-15-23/h1-10,12-17,20-21H,11,18-19H2. The molecule has 4 rings (SSSR count). The van der Waals surface area contributed by atoms with Gasteiger partial charge in [-0.05, 0) is 52.6 Å². The van der Waals surface area contributed by atoms with Crippen LogP contribution in [-0.2, 0) is 12.8 Å². The Morgan fingerprint density at radius 2 is 0.741 bits per heavy atom. The minimum atomic E-state index is 1.09. The number of aryl methyl sites for hydroxylation is 2. The molecular weight excluding hydrogens is 324 g/mol. The van der Waals surface area contributed by atoms with E-state index in [0.717, 1.165) is 19.3 Å². The minimum absolute atomic E-state index is 1.09. The van der Waals surface area contributed by atoms with Crippen molar-refractivity contribution >= 4 is 0 Å². The average Bonchev–Trinajstić information content (AvgIpc) is 2.76. The Morgan fingerprint density at radius 1 is 0.370 bits per heavy atom. The van der Waals surface area contributed by atoms with E-state index in [1.54, 1.807) is 0 Å². The molecular formula is C27H24. The van der Waals surface area contributed by atoms with Gasteiger partial charge in [-0.25, -0.2) is 0 Å². The summed E-state index contributed by atoms with van der Waals surface area (Å²) in [5.74, 6) is 0. The highest BCUT2D eigenvalue weighted by molar-refractivity contribution is 5.68.